The third kappa shape index (κ3) is 2.17. The van der Waals surface area contributed by atoms with Gasteiger partial charge in [-0.15, -0.1) is 0 Å². The first-order valence-electron chi connectivity index (χ1n) is 9.96. The first-order valence-corrected chi connectivity index (χ1v) is 10.9. The monoisotopic (exact) mass is 366 g/mol. The van der Waals surface area contributed by atoms with Gasteiger partial charge in [0.05, 0.1) is 11.1 Å². The van der Waals surface area contributed by atoms with E-state index in [1.165, 1.54) is 37.7 Å². The van der Waals surface area contributed by atoms with Crippen LogP contribution in [0.5, 0.6) is 0 Å². The summed E-state index contributed by atoms with van der Waals surface area (Å²) in [5.41, 5.74) is 4.78. The van der Waals surface area contributed by atoms with Crippen molar-refractivity contribution in [2.45, 2.75) is 44.9 Å². The van der Waals surface area contributed by atoms with Crippen molar-refractivity contribution in [3.8, 4) is 0 Å². The lowest BCUT2D eigenvalue weighted by Gasteiger charge is -2.51. The Morgan fingerprint density at radius 2 is 1.65 bits per heavy atom. The van der Waals surface area contributed by atoms with E-state index in [9.17, 15) is 9.59 Å². The number of allylic oxidation sites excluding steroid dienone is 2. The Morgan fingerprint density at radius 3 is 2.23 bits per heavy atom. The zero-order valence-corrected chi connectivity index (χ0v) is 15.5. The molecule has 3 nitrogen and oxygen atoms in total. The first kappa shape index (κ1) is 15.4. The van der Waals surface area contributed by atoms with Gasteiger partial charge in [-0.05, 0) is 108 Å². The van der Waals surface area contributed by atoms with Crippen LogP contribution in [0.4, 0.5) is 0 Å². The summed E-state index contributed by atoms with van der Waals surface area (Å²) in [6.45, 7) is 0. The Bertz CT molecular complexity index is 839. The van der Waals surface area contributed by atoms with Crippen molar-refractivity contribution < 1.29 is 14.3 Å². The molecule has 4 heteroatoms. The normalized spacial score (nSPS) is 37.5. The molecule has 1 aromatic heterocycles. The number of thiophene rings is 1. The van der Waals surface area contributed by atoms with Crippen molar-refractivity contribution in [2.75, 3.05) is 0 Å². The molecule has 6 fully saturated rings. The van der Waals surface area contributed by atoms with Gasteiger partial charge in [-0.2, -0.15) is 11.3 Å². The van der Waals surface area contributed by atoms with Crippen LogP contribution in [0, 0.1) is 29.6 Å². The summed E-state index contributed by atoms with van der Waals surface area (Å²) in [7, 11) is 0. The van der Waals surface area contributed by atoms with Crippen LogP contribution in [0.2, 0.25) is 0 Å². The molecule has 2 heterocycles. The molecule has 1 saturated heterocycles. The number of carbonyl (C=O) groups is 2. The van der Waals surface area contributed by atoms with Crippen LogP contribution in [0.15, 0.2) is 33.5 Å². The van der Waals surface area contributed by atoms with E-state index < -0.39 is 5.97 Å². The summed E-state index contributed by atoms with van der Waals surface area (Å²) in [4.78, 5) is 25.6. The molecule has 0 amide bonds. The smallest absolute Gasteiger partial charge is 0.347 e. The highest BCUT2D eigenvalue weighted by atomic mass is 32.1. The van der Waals surface area contributed by atoms with E-state index in [-0.39, 0.29) is 5.97 Å². The number of hydrogen-bond acceptors (Lipinski definition) is 4. The fourth-order valence-corrected chi connectivity index (χ4v) is 7.03. The summed E-state index contributed by atoms with van der Waals surface area (Å²) in [6.07, 6.45) is 8.42. The fourth-order valence-electron chi connectivity index (χ4n) is 6.37. The molecular weight excluding hydrogens is 344 g/mol. The highest BCUT2D eigenvalue weighted by Gasteiger charge is 2.50. The molecule has 0 aromatic carbocycles. The molecule has 0 N–H and O–H groups in total. The number of ether oxygens (including phenoxy) is 1. The zero-order chi connectivity index (χ0) is 17.4. The average molecular weight is 366 g/mol. The molecule has 5 aliphatic carbocycles. The summed E-state index contributed by atoms with van der Waals surface area (Å²) < 4.78 is 5.21. The van der Waals surface area contributed by atoms with Gasteiger partial charge in [0, 0.05) is 0 Å². The Hall–Kier alpha value is -1.68. The van der Waals surface area contributed by atoms with E-state index in [1.54, 1.807) is 11.3 Å². The fraction of sp³-hybridized carbons (Fsp3) is 0.545. The van der Waals surface area contributed by atoms with Crippen molar-refractivity contribution in [2.24, 2.45) is 29.6 Å². The Morgan fingerprint density at radius 1 is 0.962 bits per heavy atom. The van der Waals surface area contributed by atoms with Gasteiger partial charge in [-0.3, -0.25) is 0 Å². The maximum absolute atomic E-state index is 12.8. The molecule has 0 spiro atoms. The molecule has 26 heavy (non-hydrogen) atoms. The van der Waals surface area contributed by atoms with Gasteiger partial charge in [-0.1, -0.05) is 0 Å². The van der Waals surface area contributed by atoms with Crippen molar-refractivity contribution in [1.29, 1.82) is 0 Å². The van der Waals surface area contributed by atoms with Gasteiger partial charge in [0.25, 0.3) is 0 Å². The molecule has 134 valence electrons. The van der Waals surface area contributed by atoms with Crippen molar-refractivity contribution in [3.63, 3.8) is 0 Å². The highest BCUT2D eigenvalue weighted by molar-refractivity contribution is 7.08. The maximum Gasteiger partial charge on any atom is 0.347 e. The second kappa shape index (κ2) is 5.41. The molecular formula is C22H22O3S. The molecule has 1 aliphatic heterocycles. The lowest BCUT2D eigenvalue weighted by Crippen LogP contribution is -2.41. The van der Waals surface area contributed by atoms with E-state index in [2.05, 4.69) is 16.8 Å². The van der Waals surface area contributed by atoms with E-state index in [0.29, 0.717) is 28.9 Å². The van der Waals surface area contributed by atoms with Gasteiger partial charge in [-0.25, -0.2) is 9.59 Å². The van der Waals surface area contributed by atoms with E-state index in [0.717, 1.165) is 35.8 Å². The Kier molecular flexibility index (Phi) is 3.20. The molecule has 0 radical (unpaired) electrons. The third-order valence-corrected chi connectivity index (χ3v) is 7.92. The maximum atomic E-state index is 12.8. The minimum absolute atomic E-state index is 0.374. The SMILES string of the molecule is O=C1OC(=O)/C(=C(\c2ccsc2)C2CC2)C1=C1C2CC3CC(C2)CC1C3. The second-order valence-electron chi connectivity index (χ2n) is 8.89. The topological polar surface area (TPSA) is 43.4 Å². The van der Waals surface area contributed by atoms with Crippen LogP contribution in [-0.4, -0.2) is 11.9 Å². The summed E-state index contributed by atoms with van der Waals surface area (Å²) in [6, 6.07) is 2.08. The number of hydrogen-bond donors (Lipinski definition) is 0. The number of rotatable bonds is 2. The van der Waals surface area contributed by atoms with Gasteiger partial charge in [0.15, 0.2) is 0 Å². The van der Waals surface area contributed by atoms with Crippen LogP contribution in [-0.2, 0) is 14.3 Å². The minimum Gasteiger partial charge on any atom is -0.386 e. The van der Waals surface area contributed by atoms with Crippen molar-refractivity contribution in [3.05, 3.63) is 39.1 Å². The van der Waals surface area contributed by atoms with Crippen LogP contribution in [0.1, 0.15) is 50.5 Å². The standard InChI is InChI=1S/C22H22O3S/c23-21-19(17(13-1-2-13)14-3-4-26-10-14)20(22(24)25-21)18-15-6-11-5-12(8-15)9-16(18)7-11/h3-4,10-13,15-16H,1-2,5-9H2/b19-17-,20-18?. The van der Waals surface area contributed by atoms with Gasteiger partial charge in [0.1, 0.15) is 0 Å². The quantitative estimate of drug-likeness (QED) is 0.431. The molecule has 0 unspecified atom stereocenters. The van der Waals surface area contributed by atoms with Crippen LogP contribution < -0.4 is 0 Å². The molecule has 4 bridgehead atoms. The van der Waals surface area contributed by atoms with Crippen LogP contribution in [0.25, 0.3) is 5.57 Å². The summed E-state index contributed by atoms with van der Waals surface area (Å²) in [5.74, 6) is 2.30. The molecule has 1 aromatic rings. The van der Waals surface area contributed by atoms with E-state index in [1.807, 2.05) is 0 Å². The predicted octanol–water partition coefficient (Wildman–Crippen LogP) is 4.75. The number of carbonyl (C=O) groups excluding carboxylic acids is 2. The summed E-state index contributed by atoms with van der Waals surface area (Å²) >= 11 is 1.65. The van der Waals surface area contributed by atoms with Gasteiger partial charge < -0.3 is 4.74 Å². The first-order chi connectivity index (χ1) is 12.7. The van der Waals surface area contributed by atoms with Crippen molar-refractivity contribution in [1.82, 2.24) is 0 Å². The molecule has 7 rings (SSSR count). The average Bonchev–Trinajstić information content (AvgIpc) is 3.20. The van der Waals surface area contributed by atoms with E-state index in [4.69, 9.17) is 4.74 Å². The second-order valence-corrected chi connectivity index (χ2v) is 9.67. The molecule has 0 atom stereocenters. The zero-order valence-electron chi connectivity index (χ0n) is 14.7. The minimum atomic E-state index is -0.403. The molecule has 5 saturated carbocycles. The largest absolute Gasteiger partial charge is 0.386 e. The lowest BCUT2D eigenvalue weighted by molar-refractivity contribution is -0.149. The molecule has 6 aliphatic rings. The Balaban J connectivity index is 1.57. The van der Waals surface area contributed by atoms with Gasteiger partial charge in [0.2, 0.25) is 0 Å². The van der Waals surface area contributed by atoms with Gasteiger partial charge >= 0.3 is 11.9 Å². The predicted molar refractivity (Wildman–Crippen MR) is 99.1 cm³/mol. The van der Waals surface area contributed by atoms with Crippen molar-refractivity contribution >= 4 is 28.8 Å². The summed E-state index contributed by atoms with van der Waals surface area (Å²) in [5, 5.41) is 4.16. The lowest BCUT2D eigenvalue weighted by atomic mass is 9.53. The van der Waals surface area contributed by atoms with E-state index >= 15 is 0 Å². The third-order valence-electron chi connectivity index (χ3n) is 7.24. The van der Waals surface area contributed by atoms with Crippen LogP contribution >= 0.6 is 11.3 Å². The Labute approximate surface area is 157 Å². The van der Waals surface area contributed by atoms with Crippen LogP contribution in [0.3, 0.4) is 0 Å². The number of cyclic esters (lactones) is 2. The highest BCUT2D eigenvalue weighted by Crippen LogP contribution is 2.59. The number of esters is 2.